The second kappa shape index (κ2) is 5.77. The number of hydrogen-bond acceptors (Lipinski definition) is 6. The number of hydrogen-bond donors (Lipinski definition) is 0. The molecule has 0 aromatic carbocycles. The van der Waals surface area contributed by atoms with Crippen LogP contribution in [0.25, 0.3) is 0 Å². The molecule has 0 bridgehead atoms. The largest absolute Gasteiger partial charge is 0.293 e. The zero-order chi connectivity index (χ0) is 12.9. The maximum absolute atomic E-state index is 11.3. The molecule has 0 amide bonds. The summed E-state index contributed by atoms with van der Waals surface area (Å²) in [6.45, 7) is 2.07. The van der Waals surface area contributed by atoms with Gasteiger partial charge in [0.2, 0.25) is 0 Å². The van der Waals surface area contributed by atoms with Crippen molar-refractivity contribution in [2.75, 3.05) is 18.1 Å². The molecule has 0 aromatic rings. The minimum absolute atomic E-state index is 0.0662. The molecule has 0 radical (unpaired) electrons. The normalized spacial score (nSPS) is 23.5. The number of nitriles is 1. The molecule has 0 aliphatic carbocycles. The number of sulfone groups is 1. The molecule has 6 nitrogen and oxygen atoms in total. The first-order chi connectivity index (χ1) is 7.94. The average molecular weight is 257 g/mol. The van der Waals surface area contributed by atoms with Crippen LogP contribution in [-0.4, -0.2) is 49.5 Å². The van der Waals surface area contributed by atoms with Gasteiger partial charge in [-0.25, -0.2) is 8.42 Å². The Labute approximate surface area is 101 Å². The third kappa shape index (κ3) is 4.53. The molecule has 1 fully saturated rings. The molecule has 0 N–H and O–H groups in total. The van der Waals surface area contributed by atoms with Crippen molar-refractivity contribution in [2.45, 2.75) is 25.8 Å². The third-order valence-electron chi connectivity index (χ3n) is 2.47. The molecule has 1 rings (SSSR count). The number of rotatable bonds is 4. The van der Waals surface area contributed by atoms with Crippen LogP contribution in [0.1, 0.15) is 19.8 Å². The first-order valence-corrected chi connectivity index (χ1v) is 7.17. The van der Waals surface area contributed by atoms with Crippen LogP contribution in [0.4, 0.5) is 0 Å². The van der Waals surface area contributed by atoms with Gasteiger partial charge in [-0.1, -0.05) is 0 Å². The lowest BCUT2D eigenvalue weighted by Gasteiger charge is -2.30. The summed E-state index contributed by atoms with van der Waals surface area (Å²) in [5, 5.41) is 13.9. The van der Waals surface area contributed by atoms with E-state index in [1.54, 1.807) is 11.9 Å². The fourth-order valence-electron chi connectivity index (χ4n) is 1.54. The Bertz CT molecular complexity index is 450. The van der Waals surface area contributed by atoms with E-state index < -0.39 is 9.84 Å². The Balaban J connectivity index is 2.50. The zero-order valence-electron chi connectivity index (χ0n) is 9.66. The molecule has 0 aromatic heterocycles. The number of nitrogens with zero attached hydrogens (tertiary/aromatic N) is 3. The van der Waals surface area contributed by atoms with E-state index >= 15 is 0 Å². The number of ketones is 1. The van der Waals surface area contributed by atoms with E-state index in [-0.39, 0.29) is 36.2 Å². The quantitative estimate of drug-likeness (QED) is 0.659. The minimum atomic E-state index is -2.96. The lowest BCUT2D eigenvalue weighted by Crippen LogP contribution is -2.44. The highest BCUT2D eigenvalue weighted by Gasteiger charge is 2.26. The predicted octanol–water partition coefficient (Wildman–Crippen LogP) is -0.0360. The van der Waals surface area contributed by atoms with Crippen LogP contribution < -0.4 is 0 Å². The summed E-state index contributed by atoms with van der Waals surface area (Å²) in [6, 6.07) is 1.67. The van der Waals surface area contributed by atoms with E-state index in [9.17, 15) is 13.2 Å². The smallest absolute Gasteiger partial charge is 0.176 e. The number of carbonyl (C=O) groups excluding carboxylic acids is 1. The van der Waals surface area contributed by atoms with Crippen molar-refractivity contribution in [1.29, 1.82) is 5.26 Å². The average Bonchev–Trinajstić information content (AvgIpc) is 2.24. The molecule has 7 heteroatoms. The van der Waals surface area contributed by atoms with Crippen molar-refractivity contribution in [3.8, 4) is 6.07 Å². The SMILES string of the molecule is CC1CS(=O)(=O)CCN1/N=C/C(=O)CCC#N. The third-order valence-corrected chi connectivity index (χ3v) is 4.26. The minimum Gasteiger partial charge on any atom is -0.293 e. The second-order valence-electron chi connectivity index (χ2n) is 4.00. The van der Waals surface area contributed by atoms with Crippen LogP contribution in [0, 0.1) is 11.3 Å². The van der Waals surface area contributed by atoms with Gasteiger partial charge in [-0.2, -0.15) is 10.4 Å². The molecule has 1 atom stereocenters. The van der Waals surface area contributed by atoms with Gasteiger partial charge in [-0.3, -0.25) is 9.80 Å². The molecule has 17 heavy (non-hydrogen) atoms. The van der Waals surface area contributed by atoms with Crippen molar-refractivity contribution in [3.63, 3.8) is 0 Å². The van der Waals surface area contributed by atoms with Crippen LogP contribution in [0.3, 0.4) is 0 Å². The van der Waals surface area contributed by atoms with Gasteiger partial charge in [-0.15, -0.1) is 0 Å². The first kappa shape index (κ1) is 13.6. The molecule has 1 unspecified atom stereocenters. The topological polar surface area (TPSA) is 90.6 Å². The predicted molar refractivity (Wildman–Crippen MR) is 63.2 cm³/mol. The van der Waals surface area contributed by atoms with E-state index in [0.29, 0.717) is 6.54 Å². The summed E-state index contributed by atoms with van der Waals surface area (Å²) < 4.78 is 22.6. The van der Waals surface area contributed by atoms with E-state index in [2.05, 4.69) is 5.10 Å². The molecule has 94 valence electrons. The Morgan fingerprint density at radius 3 is 2.94 bits per heavy atom. The molecule has 1 heterocycles. The van der Waals surface area contributed by atoms with Crippen molar-refractivity contribution >= 4 is 21.8 Å². The van der Waals surface area contributed by atoms with Gasteiger partial charge in [0.15, 0.2) is 15.6 Å². The van der Waals surface area contributed by atoms with Gasteiger partial charge in [0, 0.05) is 12.8 Å². The lowest BCUT2D eigenvalue weighted by atomic mass is 10.2. The van der Waals surface area contributed by atoms with Crippen LogP contribution in [0.15, 0.2) is 5.10 Å². The number of carbonyl (C=O) groups is 1. The van der Waals surface area contributed by atoms with Gasteiger partial charge in [0.25, 0.3) is 0 Å². The maximum Gasteiger partial charge on any atom is 0.176 e. The summed E-state index contributed by atoms with van der Waals surface area (Å²) in [5.41, 5.74) is 0. The first-order valence-electron chi connectivity index (χ1n) is 5.35. The van der Waals surface area contributed by atoms with Crippen LogP contribution in [-0.2, 0) is 14.6 Å². The van der Waals surface area contributed by atoms with Gasteiger partial charge in [-0.05, 0) is 6.92 Å². The van der Waals surface area contributed by atoms with Crippen LogP contribution in [0.5, 0.6) is 0 Å². The van der Waals surface area contributed by atoms with Gasteiger partial charge in [0.05, 0.1) is 36.4 Å². The van der Waals surface area contributed by atoms with Gasteiger partial charge in [0.1, 0.15) is 0 Å². The zero-order valence-corrected chi connectivity index (χ0v) is 10.5. The summed E-state index contributed by atoms with van der Waals surface area (Å²) in [7, 11) is -2.96. The second-order valence-corrected chi connectivity index (χ2v) is 6.22. The van der Waals surface area contributed by atoms with Crippen molar-refractivity contribution in [1.82, 2.24) is 5.01 Å². The molecule has 1 aliphatic rings. The Morgan fingerprint density at radius 2 is 2.35 bits per heavy atom. The highest BCUT2D eigenvalue weighted by Crippen LogP contribution is 2.11. The van der Waals surface area contributed by atoms with E-state index in [0.717, 1.165) is 0 Å². The molecular weight excluding hydrogens is 242 g/mol. The standard InChI is InChI=1S/C10H15N3O3S/c1-9-8-17(15,16)6-5-13(9)12-7-10(14)3-2-4-11/h7,9H,2-3,5-6,8H2,1H3/b12-7+. The number of hydrazone groups is 1. The summed E-state index contributed by atoms with van der Waals surface area (Å²) >= 11 is 0. The highest BCUT2D eigenvalue weighted by atomic mass is 32.2. The lowest BCUT2D eigenvalue weighted by molar-refractivity contribution is -0.112. The van der Waals surface area contributed by atoms with Gasteiger partial charge < -0.3 is 0 Å². The van der Waals surface area contributed by atoms with Crippen molar-refractivity contribution < 1.29 is 13.2 Å². The van der Waals surface area contributed by atoms with Gasteiger partial charge >= 0.3 is 0 Å². The summed E-state index contributed by atoms with van der Waals surface area (Å²) in [5.74, 6) is -0.0789. The molecule has 0 saturated carbocycles. The molecule has 1 aliphatic heterocycles. The summed E-state index contributed by atoms with van der Waals surface area (Å²) in [4.78, 5) is 11.2. The molecule has 1 saturated heterocycles. The highest BCUT2D eigenvalue weighted by molar-refractivity contribution is 7.91. The van der Waals surface area contributed by atoms with Crippen molar-refractivity contribution in [3.05, 3.63) is 0 Å². The Kier molecular flexibility index (Phi) is 4.63. The van der Waals surface area contributed by atoms with E-state index in [1.807, 2.05) is 6.07 Å². The Hall–Kier alpha value is -1.42. The maximum atomic E-state index is 11.3. The number of Topliss-reactive ketones (excluding diaryl/α,β-unsaturated/α-hetero) is 1. The van der Waals surface area contributed by atoms with E-state index in [4.69, 9.17) is 5.26 Å². The van der Waals surface area contributed by atoms with Crippen LogP contribution >= 0.6 is 0 Å². The fraction of sp³-hybridized carbons (Fsp3) is 0.700. The Morgan fingerprint density at radius 1 is 1.65 bits per heavy atom. The van der Waals surface area contributed by atoms with Crippen molar-refractivity contribution in [2.24, 2.45) is 5.10 Å². The molecule has 0 spiro atoms. The summed E-state index contributed by atoms with van der Waals surface area (Å²) in [6.07, 6.45) is 1.50. The monoisotopic (exact) mass is 257 g/mol. The van der Waals surface area contributed by atoms with Crippen LogP contribution in [0.2, 0.25) is 0 Å². The fourth-order valence-corrected chi connectivity index (χ4v) is 3.08. The van der Waals surface area contributed by atoms with E-state index in [1.165, 1.54) is 6.21 Å². The molecular formula is C10H15N3O3S.